The van der Waals surface area contributed by atoms with E-state index in [2.05, 4.69) is 19.8 Å². The highest BCUT2D eigenvalue weighted by Crippen LogP contribution is 2.19. The Balaban J connectivity index is 1.64. The van der Waals surface area contributed by atoms with Crippen molar-refractivity contribution in [3.05, 3.63) is 47.8 Å². The summed E-state index contributed by atoms with van der Waals surface area (Å²) < 4.78 is 32.0. The maximum atomic E-state index is 12.6. The van der Waals surface area contributed by atoms with Crippen molar-refractivity contribution >= 4 is 33.5 Å². The Kier molecular flexibility index (Phi) is 6.40. The van der Waals surface area contributed by atoms with Gasteiger partial charge in [0.1, 0.15) is 17.1 Å². The van der Waals surface area contributed by atoms with E-state index >= 15 is 0 Å². The fourth-order valence-corrected chi connectivity index (χ4v) is 4.03. The Bertz CT molecular complexity index is 1040. The van der Waals surface area contributed by atoms with Crippen LogP contribution in [0.2, 0.25) is 0 Å². The van der Waals surface area contributed by atoms with Gasteiger partial charge in [-0.05, 0) is 43.2 Å². The lowest BCUT2D eigenvalue weighted by molar-refractivity contribution is -0.139. The van der Waals surface area contributed by atoms with Crippen LogP contribution < -0.4 is 10.0 Å². The first-order chi connectivity index (χ1) is 14.3. The predicted octanol–water partition coefficient (Wildman–Crippen LogP) is 0.954. The second kappa shape index (κ2) is 8.99. The first-order valence-corrected chi connectivity index (χ1v) is 10.7. The smallest absolute Gasteiger partial charge is 0.325 e. The summed E-state index contributed by atoms with van der Waals surface area (Å²) in [5, 5.41) is 2.39. The molecule has 11 heteroatoms. The van der Waals surface area contributed by atoms with E-state index in [1.807, 2.05) is 0 Å². The molecule has 3 rings (SSSR count). The first-order valence-electron chi connectivity index (χ1n) is 9.26. The fourth-order valence-electron chi connectivity index (χ4n) is 2.97. The molecular formula is C19H22N4O6S. The number of carbonyl (C=O) groups is 3. The van der Waals surface area contributed by atoms with Gasteiger partial charge in [-0.1, -0.05) is 0 Å². The first kappa shape index (κ1) is 21.4. The molecule has 0 unspecified atom stereocenters. The summed E-state index contributed by atoms with van der Waals surface area (Å²) in [6, 6.07) is 6.99. The van der Waals surface area contributed by atoms with Gasteiger partial charge in [-0.25, -0.2) is 8.42 Å². The molecule has 0 bridgehead atoms. The number of nitrogens with zero attached hydrogens (tertiary/aromatic N) is 1. The number of esters is 1. The third-order valence-corrected chi connectivity index (χ3v) is 5.97. The quantitative estimate of drug-likeness (QED) is 0.555. The standard InChI is InChI=1S/C19H22N4O6S/c1-29-17(24)12-21-18(25)13-4-6-14(7-5-13)22-30(27,28)15-10-16(20-11-15)19(26)23-8-2-3-9-23/h4-7,10-11,20,22H,2-3,8-9,12H2,1H3,(H,21,25). The summed E-state index contributed by atoms with van der Waals surface area (Å²) in [4.78, 5) is 39.7. The third kappa shape index (κ3) is 4.98. The summed E-state index contributed by atoms with van der Waals surface area (Å²) in [5.74, 6) is -1.30. The Labute approximate surface area is 173 Å². The zero-order valence-electron chi connectivity index (χ0n) is 16.3. The number of H-pyrrole nitrogens is 1. The normalized spacial score (nSPS) is 13.7. The molecule has 2 heterocycles. The number of ether oxygens (including phenoxy) is 1. The minimum absolute atomic E-state index is 0.0649. The number of benzene rings is 1. The number of likely N-dealkylation sites (tertiary alicyclic amines) is 1. The number of carbonyl (C=O) groups excluding carboxylic acids is 3. The second-order valence-corrected chi connectivity index (χ2v) is 8.37. The number of methoxy groups -OCH3 is 1. The van der Waals surface area contributed by atoms with Gasteiger partial charge < -0.3 is 19.9 Å². The van der Waals surface area contributed by atoms with E-state index in [0.29, 0.717) is 13.1 Å². The molecular weight excluding hydrogens is 412 g/mol. The summed E-state index contributed by atoms with van der Waals surface area (Å²) in [5.41, 5.74) is 0.713. The maximum Gasteiger partial charge on any atom is 0.325 e. The number of sulfonamides is 1. The summed E-state index contributed by atoms with van der Waals surface area (Å²) in [6.45, 7) is 1.06. The van der Waals surface area contributed by atoms with E-state index in [4.69, 9.17) is 0 Å². The van der Waals surface area contributed by atoms with E-state index in [1.54, 1.807) is 4.90 Å². The molecule has 1 aromatic heterocycles. The van der Waals surface area contributed by atoms with Crippen LogP contribution in [-0.4, -0.2) is 62.8 Å². The third-order valence-electron chi connectivity index (χ3n) is 4.61. The van der Waals surface area contributed by atoms with Crippen LogP contribution in [0, 0.1) is 0 Å². The topological polar surface area (TPSA) is 138 Å². The molecule has 0 saturated carbocycles. The highest BCUT2D eigenvalue weighted by molar-refractivity contribution is 7.92. The summed E-state index contributed by atoms with van der Waals surface area (Å²) in [7, 11) is -2.71. The number of anilines is 1. The molecule has 1 aliphatic rings. The Morgan fingerprint density at radius 2 is 1.80 bits per heavy atom. The van der Waals surface area contributed by atoms with E-state index in [9.17, 15) is 22.8 Å². The van der Waals surface area contributed by atoms with Crippen molar-refractivity contribution in [2.24, 2.45) is 0 Å². The molecule has 1 aliphatic heterocycles. The van der Waals surface area contributed by atoms with Crippen LogP contribution in [0.1, 0.15) is 33.7 Å². The molecule has 1 aromatic carbocycles. The zero-order chi connectivity index (χ0) is 21.7. The van der Waals surface area contributed by atoms with Gasteiger partial charge in [-0.2, -0.15) is 0 Å². The molecule has 0 spiro atoms. The number of hydrogen-bond acceptors (Lipinski definition) is 6. The van der Waals surface area contributed by atoms with Crippen LogP contribution in [-0.2, 0) is 19.6 Å². The lowest BCUT2D eigenvalue weighted by Crippen LogP contribution is -2.30. The van der Waals surface area contributed by atoms with Crippen molar-refractivity contribution in [1.29, 1.82) is 0 Å². The Morgan fingerprint density at radius 1 is 1.13 bits per heavy atom. The van der Waals surface area contributed by atoms with Crippen molar-refractivity contribution in [3.63, 3.8) is 0 Å². The predicted molar refractivity (Wildman–Crippen MR) is 108 cm³/mol. The second-order valence-electron chi connectivity index (χ2n) is 6.69. The van der Waals surface area contributed by atoms with Crippen LogP contribution in [0.5, 0.6) is 0 Å². The molecule has 10 nitrogen and oxygen atoms in total. The van der Waals surface area contributed by atoms with E-state index in [-0.39, 0.29) is 34.3 Å². The number of aromatic nitrogens is 1. The largest absolute Gasteiger partial charge is 0.468 e. The maximum absolute atomic E-state index is 12.6. The highest BCUT2D eigenvalue weighted by Gasteiger charge is 2.23. The average Bonchev–Trinajstić information content (AvgIpc) is 3.44. The molecule has 2 aromatic rings. The molecule has 0 aliphatic carbocycles. The van der Waals surface area contributed by atoms with Crippen molar-refractivity contribution in [3.8, 4) is 0 Å². The number of aromatic amines is 1. The number of hydrogen-bond donors (Lipinski definition) is 3. The van der Waals surface area contributed by atoms with Crippen molar-refractivity contribution < 1.29 is 27.5 Å². The lowest BCUT2D eigenvalue weighted by atomic mass is 10.2. The van der Waals surface area contributed by atoms with Crippen LogP contribution in [0.4, 0.5) is 5.69 Å². The van der Waals surface area contributed by atoms with Crippen LogP contribution in [0.15, 0.2) is 41.4 Å². The molecule has 0 atom stereocenters. The molecule has 160 valence electrons. The van der Waals surface area contributed by atoms with Crippen molar-refractivity contribution in [2.75, 3.05) is 31.5 Å². The van der Waals surface area contributed by atoms with Crippen molar-refractivity contribution in [1.82, 2.24) is 15.2 Å². The van der Waals surface area contributed by atoms with Gasteiger partial charge in [0.25, 0.3) is 21.8 Å². The van der Waals surface area contributed by atoms with E-state index < -0.39 is 21.9 Å². The summed E-state index contributed by atoms with van der Waals surface area (Å²) in [6.07, 6.45) is 3.14. The van der Waals surface area contributed by atoms with Gasteiger partial charge in [0.05, 0.1) is 7.11 Å². The number of nitrogens with one attached hydrogen (secondary N) is 3. The van der Waals surface area contributed by atoms with E-state index in [1.165, 1.54) is 43.6 Å². The van der Waals surface area contributed by atoms with Gasteiger partial charge >= 0.3 is 5.97 Å². The SMILES string of the molecule is COC(=O)CNC(=O)c1ccc(NS(=O)(=O)c2c[nH]c(C(=O)N3CCCC3)c2)cc1. The number of rotatable bonds is 7. The Hall–Kier alpha value is -3.34. The van der Waals surface area contributed by atoms with Crippen LogP contribution in [0.3, 0.4) is 0 Å². The highest BCUT2D eigenvalue weighted by atomic mass is 32.2. The molecule has 2 amide bonds. The summed E-state index contributed by atoms with van der Waals surface area (Å²) >= 11 is 0. The average molecular weight is 434 g/mol. The van der Waals surface area contributed by atoms with Gasteiger partial charge in [-0.15, -0.1) is 0 Å². The molecule has 0 radical (unpaired) electrons. The zero-order valence-corrected chi connectivity index (χ0v) is 17.1. The molecule has 30 heavy (non-hydrogen) atoms. The van der Waals surface area contributed by atoms with Crippen molar-refractivity contribution in [2.45, 2.75) is 17.7 Å². The monoisotopic (exact) mass is 434 g/mol. The van der Waals surface area contributed by atoms with E-state index in [0.717, 1.165) is 12.8 Å². The van der Waals surface area contributed by atoms with Crippen LogP contribution in [0.25, 0.3) is 0 Å². The van der Waals surface area contributed by atoms with Gasteiger partial charge in [0, 0.05) is 30.5 Å². The minimum Gasteiger partial charge on any atom is -0.468 e. The Morgan fingerprint density at radius 3 is 2.43 bits per heavy atom. The molecule has 3 N–H and O–H groups in total. The molecule has 1 fully saturated rings. The molecule has 1 saturated heterocycles. The fraction of sp³-hybridized carbons (Fsp3) is 0.316. The van der Waals surface area contributed by atoms with Gasteiger partial charge in [0.2, 0.25) is 0 Å². The number of amides is 2. The lowest BCUT2D eigenvalue weighted by Gasteiger charge is -2.13. The van der Waals surface area contributed by atoms with Gasteiger partial charge in [0.15, 0.2) is 0 Å². The van der Waals surface area contributed by atoms with Gasteiger partial charge in [-0.3, -0.25) is 19.1 Å². The van der Waals surface area contributed by atoms with Crippen LogP contribution >= 0.6 is 0 Å². The minimum atomic E-state index is -3.92.